The van der Waals surface area contributed by atoms with E-state index >= 15 is 0 Å². The number of nitrogens with one attached hydrogen (secondary N) is 2. The minimum absolute atomic E-state index is 0.143. The molecule has 0 bridgehead atoms. The highest BCUT2D eigenvalue weighted by Crippen LogP contribution is 2.11. The van der Waals surface area contributed by atoms with Crippen molar-refractivity contribution in [3.63, 3.8) is 0 Å². The maximum Gasteiger partial charge on any atom is 0.262 e. The van der Waals surface area contributed by atoms with Crippen LogP contribution in [0, 0.1) is 4.77 Å². The molecule has 0 saturated carbocycles. The fourth-order valence-electron chi connectivity index (χ4n) is 2.65. The van der Waals surface area contributed by atoms with Gasteiger partial charge in [-0.1, -0.05) is 24.3 Å². The third-order valence-corrected chi connectivity index (χ3v) is 4.42. The second kappa shape index (κ2) is 7.97. The zero-order valence-corrected chi connectivity index (χ0v) is 15.1. The lowest BCUT2D eigenvalue weighted by Gasteiger charge is -2.09. The Balaban J connectivity index is 1.63. The van der Waals surface area contributed by atoms with E-state index in [0.29, 0.717) is 22.2 Å². The SMILES string of the molecule is COc1ccc(CNC(=O)CCn2c(=S)[nH]c3ccccc3c2=O)cc1. The third-order valence-electron chi connectivity index (χ3n) is 4.10. The number of amides is 1. The van der Waals surface area contributed by atoms with Gasteiger partial charge in [0.2, 0.25) is 5.91 Å². The summed E-state index contributed by atoms with van der Waals surface area (Å²) in [6, 6.07) is 14.6. The number of ether oxygens (including phenoxy) is 1. The van der Waals surface area contributed by atoms with Gasteiger partial charge in [0.05, 0.1) is 18.0 Å². The van der Waals surface area contributed by atoms with E-state index in [4.69, 9.17) is 17.0 Å². The molecule has 0 atom stereocenters. The number of benzene rings is 2. The van der Waals surface area contributed by atoms with Crippen molar-refractivity contribution in [1.82, 2.24) is 14.9 Å². The molecule has 0 saturated heterocycles. The minimum Gasteiger partial charge on any atom is -0.497 e. The molecule has 2 N–H and O–H groups in total. The summed E-state index contributed by atoms with van der Waals surface area (Å²) in [6.07, 6.45) is 0.173. The Bertz CT molecular complexity index is 1040. The van der Waals surface area contributed by atoms with Crippen molar-refractivity contribution >= 4 is 29.0 Å². The lowest BCUT2D eigenvalue weighted by molar-refractivity contribution is -0.121. The molecule has 0 unspecified atom stereocenters. The molecule has 1 amide bonds. The number of methoxy groups -OCH3 is 1. The number of H-pyrrole nitrogens is 1. The van der Waals surface area contributed by atoms with E-state index in [2.05, 4.69) is 10.3 Å². The zero-order chi connectivity index (χ0) is 18.5. The molecule has 0 aliphatic rings. The van der Waals surface area contributed by atoms with Crippen molar-refractivity contribution in [3.8, 4) is 5.75 Å². The van der Waals surface area contributed by atoms with E-state index in [1.807, 2.05) is 30.3 Å². The Hall–Kier alpha value is -2.93. The van der Waals surface area contributed by atoms with Crippen molar-refractivity contribution in [1.29, 1.82) is 0 Å². The second-order valence-electron chi connectivity index (χ2n) is 5.81. The molecule has 1 aromatic heterocycles. The highest BCUT2D eigenvalue weighted by Gasteiger charge is 2.08. The average molecular weight is 369 g/mol. The van der Waals surface area contributed by atoms with Gasteiger partial charge in [-0.05, 0) is 42.0 Å². The zero-order valence-electron chi connectivity index (χ0n) is 14.3. The number of fused-ring (bicyclic) bond motifs is 1. The first-order valence-corrected chi connectivity index (χ1v) is 8.61. The Morgan fingerprint density at radius 3 is 2.65 bits per heavy atom. The first-order valence-electron chi connectivity index (χ1n) is 8.20. The van der Waals surface area contributed by atoms with Crippen LogP contribution >= 0.6 is 12.2 Å². The van der Waals surface area contributed by atoms with E-state index in [-0.39, 0.29) is 24.4 Å². The summed E-state index contributed by atoms with van der Waals surface area (Å²) in [5.74, 6) is 0.625. The number of carbonyl (C=O) groups excluding carboxylic acids is 1. The smallest absolute Gasteiger partial charge is 0.262 e. The first-order chi connectivity index (χ1) is 12.6. The average Bonchev–Trinajstić information content (AvgIpc) is 2.66. The standard InChI is InChI=1S/C19H19N3O3S/c1-25-14-8-6-13(7-9-14)12-20-17(23)10-11-22-18(24)15-4-2-3-5-16(15)21-19(22)26/h2-9H,10-12H2,1H3,(H,20,23)(H,21,26). The van der Waals surface area contributed by atoms with Crippen LogP contribution in [-0.4, -0.2) is 22.6 Å². The summed E-state index contributed by atoms with van der Waals surface area (Å²) in [5.41, 5.74) is 1.48. The van der Waals surface area contributed by atoms with Gasteiger partial charge in [-0.15, -0.1) is 0 Å². The van der Waals surface area contributed by atoms with Gasteiger partial charge in [0.1, 0.15) is 5.75 Å². The van der Waals surface area contributed by atoms with Crippen LogP contribution in [0.4, 0.5) is 0 Å². The van der Waals surface area contributed by atoms with Gasteiger partial charge in [-0.25, -0.2) is 0 Å². The lowest BCUT2D eigenvalue weighted by atomic mass is 10.2. The van der Waals surface area contributed by atoms with E-state index < -0.39 is 0 Å². The number of aromatic amines is 1. The summed E-state index contributed by atoms with van der Waals surface area (Å²) in [6.45, 7) is 0.649. The summed E-state index contributed by atoms with van der Waals surface area (Å²) in [5, 5.41) is 3.40. The second-order valence-corrected chi connectivity index (χ2v) is 6.19. The van der Waals surface area contributed by atoms with Gasteiger partial charge < -0.3 is 15.0 Å². The van der Waals surface area contributed by atoms with Crippen LogP contribution in [-0.2, 0) is 17.9 Å². The van der Waals surface area contributed by atoms with Crippen molar-refractivity contribution in [2.45, 2.75) is 19.5 Å². The van der Waals surface area contributed by atoms with Crippen LogP contribution in [0.3, 0.4) is 0 Å². The molecule has 1 heterocycles. The van der Waals surface area contributed by atoms with Crippen LogP contribution in [0.2, 0.25) is 0 Å². The van der Waals surface area contributed by atoms with Crippen LogP contribution in [0.25, 0.3) is 10.9 Å². The number of nitrogens with zero attached hydrogens (tertiary/aromatic N) is 1. The maximum absolute atomic E-state index is 12.5. The predicted molar refractivity (Wildman–Crippen MR) is 103 cm³/mol. The van der Waals surface area contributed by atoms with Gasteiger partial charge >= 0.3 is 0 Å². The molecule has 0 fully saturated rings. The van der Waals surface area contributed by atoms with Crippen LogP contribution < -0.4 is 15.6 Å². The molecule has 134 valence electrons. The molecule has 3 aromatic rings. The molecule has 2 aromatic carbocycles. The largest absolute Gasteiger partial charge is 0.497 e. The van der Waals surface area contributed by atoms with Gasteiger partial charge in [0.25, 0.3) is 5.56 Å². The first kappa shape index (κ1) is 17.9. The van der Waals surface area contributed by atoms with E-state index in [9.17, 15) is 9.59 Å². The number of hydrogen-bond acceptors (Lipinski definition) is 4. The van der Waals surface area contributed by atoms with Crippen LogP contribution in [0.15, 0.2) is 53.3 Å². The molecule has 0 radical (unpaired) electrons. The number of para-hydroxylation sites is 1. The highest BCUT2D eigenvalue weighted by molar-refractivity contribution is 7.71. The summed E-state index contributed by atoms with van der Waals surface area (Å²) >= 11 is 5.25. The van der Waals surface area contributed by atoms with Gasteiger partial charge in [0, 0.05) is 19.5 Å². The topological polar surface area (TPSA) is 76.1 Å². The fraction of sp³-hybridized carbons (Fsp3) is 0.211. The van der Waals surface area contributed by atoms with Crippen molar-refractivity contribution in [2.24, 2.45) is 0 Å². The molecule has 0 spiro atoms. The molecule has 7 heteroatoms. The van der Waals surface area contributed by atoms with Crippen LogP contribution in [0.1, 0.15) is 12.0 Å². The molecule has 0 aliphatic heterocycles. The van der Waals surface area contributed by atoms with Gasteiger partial charge in [0.15, 0.2) is 4.77 Å². The fourth-order valence-corrected chi connectivity index (χ4v) is 2.93. The number of carbonyl (C=O) groups is 1. The summed E-state index contributed by atoms with van der Waals surface area (Å²) < 4.78 is 6.84. The van der Waals surface area contributed by atoms with E-state index in [1.165, 1.54) is 4.57 Å². The predicted octanol–water partition coefficient (Wildman–Crippen LogP) is 2.77. The minimum atomic E-state index is -0.188. The number of hydrogen-bond donors (Lipinski definition) is 2. The van der Waals surface area contributed by atoms with Crippen molar-refractivity contribution in [3.05, 3.63) is 69.2 Å². The third kappa shape index (κ3) is 4.00. The van der Waals surface area contributed by atoms with Crippen LogP contribution in [0.5, 0.6) is 5.75 Å². The number of rotatable bonds is 6. The number of aromatic nitrogens is 2. The summed E-state index contributed by atoms with van der Waals surface area (Å²) in [4.78, 5) is 27.7. The Morgan fingerprint density at radius 2 is 1.92 bits per heavy atom. The van der Waals surface area contributed by atoms with Crippen molar-refractivity contribution in [2.75, 3.05) is 7.11 Å². The normalized spacial score (nSPS) is 10.7. The Kier molecular flexibility index (Phi) is 5.48. The molecular weight excluding hydrogens is 350 g/mol. The van der Waals surface area contributed by atoms with E-state index in [0.717, 1.165) is 11.3 Å². The van der Waals surface area contributed by atoms with Gasteiger partial charge in [-0.3, -0.25) is 14.2 Å². The Morgan fingerprint density at radius 1 is 1.19 bits per heavy atom. The molecule has 3 rings (SSSR count). The highest BCUT2D eigenvalue weighted by atomic mass is 32.1. The van der Waals surface area contributed by atoms with Crippen molar-refractivity contribution < 1.29 is 9.53 Å². The lowest BCUT2D eigenvalue weighted by Crippen LogP contribution is -2.28. The summed E-state index contributed by atoms with van der Waals surface area (Å²) in [7, 11) is 1.61. The monoisotopic (exact) mass is 369 g/mol. The maximum atomic E-state index is 12.5. The molecular formula is C19H19N3O3S. The van der Waals surface area contributed by atoms with E-state index in [1.54, 1.807) is 25.3 Å². The molecule has 26 heavy (non-hydrogen) atoms. The molecule has 0 aliphatic carbocycles. The molecule has 6 nitrogen and oxygen atoms in total. The Labute approximate surface area is 155 Å². The van der Waals surface area contributed by atoms with Gasteiger partial charge in [-0.2, -0.15) is 0 Å². The quantitative estimate of drug-likeness (QED) is 0.655.